The Balaban J connectivity index is 2.07. The summed E-state index contributed by atoms with van der Waals surface area (Å²) in [5.74, 6) is -1.31. The van der Waals surface area contributed by atoms with Crippen molar-refractivity contribution < 1.29 is 8.78 Å². The van der Waals surface area contributed by atoms with E-state index >= 15 is 0 Å². The first-order chi connectivity index (χ1) is 10.1. The average molecular weight is 305 g/mol. The molecule has 3 aromatic rings. The van der Waals surface area contributed by atoms with Crippen LogP contribution in [0.1, 0.15) is 17.2 Å². The second-order valence-electron chi connectivity index (χ2n) is 4.72. The highest BCUT2D eigenvalue weighted by Gasteiger charge is 2.17. The zero-order valence-electron chi connectivity index (χ0n) is 10.9. The smallest absolute Gasteiger partial charge is 0.142 e. The van der Waals surface area contributed by atoms with Crippen molar-refractivity contribution in [3.8, 4) is 0 Å². The van der Waals surface area contributed by atoms with Crippen LogP contribution in [-0.2, 0) is 0 Å². The largest absolute Gasteiger partial charge is 0.320 e. The van der Waals surface area contributed by atoms with Gasteiger partial charge in [-0.2, -0.15) is 0 Å². The number of halogens is 3. The highest BCUT2D eigenvalue weighted by atomic mass is 35.5. The molecule has 2 nitrogen and oxygen atoms in total. The van der Waals surface area contributed by atoms with E-state index in [0.717, 1.165) is 23.0 Å². The molecule has 1 unspecified atom stereocenters. The lowest BCUT2D eigenvalue weighted by molar-refractivity contribution is 0.577. The third-order valence-corrected chi connectivity index (χ3v) is 3.65. The number of hydrogen-bond acceptors (Lipinski definition) is 2. The van der Waals surface area contributed by atoms with Crippen molar-refractivity contribution >= 4 is 22.5 Å². The van der Waals surface area contributed by atoms with Crippen LogP contribution in [0.3, 0.4) is 0 Å². The van der Waals surface area contributed by atoms with Gasteiger partial charge < -0.3 is 5.73 Å². The Hall–Kier alpha value is -2.04. The van der Waals surface area contributed by atoms with Gasteiger partial charge in [0, 0.05) is 17.1 Å². The SMILES string of the molecule is NC(c1ccc2ncccc2c1)c1cc(F)c(Cl)cc1F. The minimum Gasteiger partial charge on any atom is -0.320 e. The molecule has 106 valence electrons. The molecule has 1 heterocycles. The molecule has 1 atom stereocenters. The summed E-state index contributed by atoms with van der Waals surface area (Å²) < 4.78 is 27.5. The fourth-order valence-electron chi connectivity index (χ4n) is 2.24. The van der Waals surface area contributed by atoms with Crippen molar-refractivity contribution in [2.45, 2.75) is 6.04 Å². The Bertz CT molecular complexity index is 820. The van der Waals surface area contributed by atoms with Crippen LogP contribution >= 0.6 is 11.6 Å². The summed E-state index contributed by atoms with van der Waals surface area (Å²) in [6.45, 7) is 0. The van der Waals surface area contributed by atoms with Gasteiger partial charge in [-0.05, 0) is 35.9 Å². The molecule has 1 aromatic heterocycles. The minimum absolute atomic E-state index is 0.0696. The Morgan fingerprint density at radius 2 is 1.86 bits per heavy atom. The molecule has 2 aromatic carbocycles. The third-order valence-electron chi connectivity index (χ3n) is 3.36. The number of pyridine rings is 1. The van der Waals surface area contributed by atoms with E-state index in [1.165, 1.54) is 0 Å². The third kappa shape index (κ3) is 2.60. The fourth-order valence-corrected chi connectivity index (χ4v) is 2.39. The Morgan fingerprint density at radius 3 is 2.67 bits per heavy atom. The van der Waals surface area contributed by atoms with E-state index < -0.39 is 17.7 Å². The van der Waals surface area contributed by atoms with Gasteiger partial charge >= 0.3 is 0 Å². The Kier molecular flexibility index (Phi) is 3.57. The monoisotopic (exact) mass is 304 g/mol. The van der Waals surface area contributed by atoms with E-state index in [9.17, 15) is 8.78 Å². The summed E-state index contributed by atoms with van der Waals surface area (Å²) >= 11 is 5.55. The van der Waals surface area contributed by atoms with Gasteiger partial charge in [0.05, 0.1) is 16.6 Å². The molecule has 0 aliphatic rings. The van der Waals surface area contributed by atoms with E-state index in [2.05, 4.69) is 4.98 Å². The van der Waals surface area contributed by atoms with Crippen molar-refractivity contribution in [3.63, 3.8) is 0 Å². The summed E-state index contributed by atoms with van der Waals surface area (Å²) in [5, 5.41) is 0.631. The number of nitrogens with two attached hydrogens (primary N) is 1. The summed E-state index contributed by atoms with van der Waals surface area (Å²) in [6, 6.07) is 10.3. The number of nitrogens with zero attached hydrogens (tertiary/aromatic N) is 1. The maximum atomic E-state index is 13.9. The van der Waals surface area contributed by atoms with Gasteiger partial charge in [-0.15, -0.1) is 0 Å². The second kappa shape index (κ2) is 5.39. The van der Waals surface area contributed by atoms with Gasteiger partial charge in [0.2, 0.25) is 0 Å². The summed E-state index contributed by atoms with van der Waals surface area (Å²) in [5.41, 5.74) is 7.62. The molecule has 0 amide bonds. The highest BCUT2D eigenvalue weighted by Crippen LogP contribution is 2.28. The van der Waals surface area contributed by atoms with Crippen LogP contribution in [0.5, 0.6) is 0 Å². The molecular formula is C16H11ClF2N2. The number of benzene rings is 2. The van der Waals surface area contributed by atoms with Crippen LogP contribution in [0, 0.1) is 11.6 Å². The second-order valence-corrected chi connectivity index (χ2v) is 5.13. The molecule has 0 spiro atoms. The molecule has 0 aliphatic carbocycles. The molecule has 0 saturated carbocycles. The average Bonchev–Trinajstić information content (AvgIpc) is 2.50. The van der Waals surface area contributed by atoms with Crippen molar-refractivity contribution in [2.75, 3.05) is 0 Å². The molecule has 0 fully saturated rings. The molecule has 0 saturated heterocycles. The predicted molar refractivity (Wildman–Crippen MR) is 79.1 cm³/mol. The maximum Gasteiger partial charge on any atom is 0.142 e. The zero-order chi connectivity index (χ0) is 15.0. The summed E-state index contributed by atoms with van der Waals surface area (Å²) in [6.07, 6.45) is 1.69. The standard InChI is InChI=1S/C16H11ClF2N2/c17-12-8-13(18)11(7-14(12)19)16(20)10-3-4-15-9(6-10)2-1-5-21-15/h1-8,16H,20H2. The molecule has 2 N–H and O–H groups in total. The first-order valence-corrected chi connectivity index (χ1v) is 6.69. The topological polar surface area (TPSA) is 38.9 Å². The van der Waals surface area contributed by atoms with Crippen LogP contribution in [0.25, 0.3) is 10.9 Å². The van der Waals surface area contributed by atoms with Crippen molar-refractivity contribution in [2.24, 2.45) is 5.73 Å². The normalized spacial score (nSPS) is 12.6. The van der Waals surface area contributed by atoms with Crippen LogP contribution < -0.4 is 5.73 Å². The van der Waals surface area contributed by atoms with E-state index in [0.29, 0.717) is 5.56 Å². The minimum atomic E-state index is -0.777. The van der Waals surface area contributed by atoms with Crippen molar-refractivity contribution in [3.05, 3.63) is 76.4 Å². The van der Waals surface area contributed by atoms with Gasteiger partial charge in [-0.25, -0.2) is 8.78 Å². The fraction of sp³-hybridized carbons (Fsp3) is 0.0625. The Labute approximate surface area is 125 Å². The van der Waals surface area contributed by atoms with Crippen LogP contribution in [0.2, 0.25) is 5.02 Å². The quantitative estimate of drug-likeness (QED) is 0.720. The molecule has 3 rings (SSSR count). The zero-order valence-corrected chi connectivity index (χ0v) is 11.6. The summed E-state index contributed by atoms with van der Waals surface area (Å²) in [7, 11) is 0. The molecule has 21 heavy (non-hydrogen) atoms. The predicted octanol–water partition coefficient (Wildman–Crippen LogP) is 4.21. The van der Waals surface area contributed by atoms with Gasteiger partial charge in [0.15, 0.2) is 0 Å². The van der Waals surface area contributed by atoms with Crippen molar-refractivity contribution in [1.82, 2.24) is 4.98 Å². The highest BCUT2D eigenvalue weighted by molar-refractivity contribution is 6.30. The lowest BCUT2D eigenvalue weighted by Crippen LogP contribution is -2.14. The number of rotatable bonds is 2. The molecule has 0 radical (unpaired) electrons. The van der Waals surface area contributed by atoms with Crippen molar-refractivity contribution in [1.29, 1.82) is 0 Å². The van der Waals surface area contributed by atoms with E-state index in [4.69, 9.17) is 17.3 Å². The van der Waals surface area contributed by atoms with Crippen LogP contribution in [0.15, 0.2) is 48.7 Å². The lowest BCUT2D eigenvalue weighted by Gasteiger charge is -2.14. The van der Waals surface area contributed by atoms with E-state index in [1.807, 2.05) is 12.1 Å². The molecule has 0 aliphatic heterocycles. The first kappa shape index (κ1) is 13.9. The van der Waals surface area contributed by atoms with Crippen LogP contribution in [-0.4, -0.2) is 4.98 Å². The number of fused-ring (bicyclic) bond motifs is 1. The number of hydrogen-bond donors (Lipinski definition) is 1. The van der Waals surface area contributed by atoms with Gasteiger partial charge in [-0.1, -0.05) is 23.7 Å². The van der Waals surface area contributed by atoms with Crippen LogP contribution in [0.4, 0.5) is 8.78 Å². The lowest BCUT2D eigenvalue weighted by atomic mass is 9.97. The molecule has 5 heteroatoms. The van der Waals surface area contributed by atoms with Gasteiger partial charge in [0.1, 0.15) is 11.6 Å². The maximum absolute atomic E-state index is 13.9. The number of aromatic nitrogens is 1. The summed E-state index contributed by atoms with van der Waals surface area (Å²) in [4.78, 5) is 4.21. The molecular weight excluding hydrogens is 294 g/mol. The Morgan fingerprint density at radius 1 is 1.05 bits per heavy atom. The molecule has 0 bridgehead atoms. The van der Waals surface area contributed by atoms with E-state index in [1.54, 1.807) is 24.4 Å². The van der Waals surface area contributed by atoms with Gasteiger partial charge in [0.25, 0.3) is 0 Å². The first-order valence-electron chi connectivity index (χ1n) is 6.31. The van der Waals surface area contributed by atoms with E-state index in [-0.39, 0.29) is 10.6 Å². The van der Waals surface area contributed by atoms with Gasteiger partial charge in [-0.3, -0.25) is 4.98 Å².